The molecule has 7 heteroatoms. The van der Waals surface area contributed by atoms with Crippen molar-refractivity contribution < 1.29 is 9.53 Å². The number of carbonyl (C=O) groups excluding carboxylic acids is 1. The minimum absolute atomic E-state index is 0.0204. The van der Waals surface area contributed by atoms with E-state index in [1.54, 1.807) is 13.2 Å². The molecule has 1 N–H and O–H groups in total. The Morgan fingerprint density at radius 2 is 1.90 bits per heavy atom. The second-order valence-electron chi connectivity index (χ2n) is 7.80. The summed E-state index contributed by atoms with van der Waals surface area (Å²) in [4.78, 5) is 12.4. The highest BCUT2D eigenvalue weighted by molar-refractivity contribution is 6.36. The van der Waals surface area contributed by atoms with Crippen molar-refractivity contribution in [3.05, 3.63) is 58.1 Å². The summed E-state index contributed by atoms with van der Waals surface area (Å²) in [6.45, 7) is 0.448. The van der Waals surface area contributed by atoms with Gasteiger partial charge in [-0.05, 0) is 48.7 Å². The number of ether oxygens (including phenoxy) is 1. The van der Waals surface area contributed by atoms with Crippen molar-refractivity contribution in [3.8, 4) is 5.75 Å². The minimum atomic E-state index is -0.0204. The van der Waals surface area contributed by atoms with E-state index in [9.17, 15) is 4.79 Å². The van der Waals surface area contributed by atoms with Gasteiger partial charge in [0.25, 0.3) is 0 Å². The highest BCUT2D eigenvalue weighted by Crippen LogP contribution is 2.40. The van der Waals surface area contributed by atoms with Gasteiger partial charge in [0.1, 0.15) is 5.75 Å². The summed E-state index contributed by atoms with van der Waals surface area (Å²) in [6.07, 6.45) is 4.96. The Labute approximate surface area is 187 Å². The van der Waals surface area contributed by atoms with Crippen LogP contribution in [0.5, 0.6) is 5.75 Å². The quantitative estimate of drug-likeness (QED) is 0.627. The predicted molar refractivity (Wildman–Crippen MR) is 122 cm³/mol. The second-order valence-corrected chi connectivity index (χ2v) is 8.64. The molecule has 0 radical (unpaired) electrons. The molecule has 1 aliphatic carbocycles. The Kier molecular flexibility index (Phi) is 6.49. The van der Waals surface area contributed by atoms with E-state index in [2.05, 4.69) is 5.32 Å². The molecular formula is C23H25Cl2N3O2. The molecule has 1 atom stereocenters. The van der Waals surface area contributed by atoms with E-state index in [-0.39, 0.29) is 17.9 Å². The molecule has 1 heterocycles. The minimum Gasteiger partial charge on any atom is -0.497 e. The summed E-state index contributed by atoms with van der Waals surface area (Å²) >= 11 is 12.6. The molecule has 2 aromatic carbocycles. The number of nitrogens with zero attached hydrogens (tertiary/aromatic N) is 2. The molecule has 1 aliphatic heterocycles. The average Bonchev–Trinajstić information content (AvgIpc) is 3.43. The number of rotatable bonds is 6. The smallest absolute Gasteiger partial charge is 0.223 e. The Balaban J connectivity index is 1.56. The standard InChI is InChI=1S/C23H25Cl2N3O2/c1-30-19-9-6-15(7-10-19)22-13-18(14-26-23(29)16-4-2-3-5-16)27-28(22)21-11-8-17(24)12-20(21)25/h6-12,16,22H,2-5,13-14H2,1H3,(H,26,29). The predicted octanol–water partition coefficient (Wildman–Crippen LogP) is 5.62. The highest BCUT2D eigenvalue weighted by atomic mass is 35.5. The number of benzene rings is 2. The third-order valence-electron chi connectivity index (χ3n) is 5.82. The van der Waals surface area contributed by atoms with Gasteiger partial charge in [0.2, 0.25) is 5.91 Å². The van der Waals surface area contributed by atoms with Crippen LogP contribution in [0, 0.1) is 5.92 Å². The molecule has 0 spiro atoms. The maximum absolute atomic E-state index is 12.4. The van der Waals surface area contributed by atoms with Crippen LogP contribution in [0.25, 0.3) is 0 Å². The molecule has 1 amide bonds. The van der Waals surface area contributed by atoms with E-state index in [1.165, 1.54) is 0 Å². The summed E-state index contributed by atoms with van der Waals surface area (Å²) in [5.74, 6) is 1.09. The molecule has 2 aliphatic rings. The van der Waals surface area contributed by atoms with Gasteiger partial charge in [-0.15, -0.1) is 0 Å². The number of carbonyl (C=O) groups is 1. The molecule has 2 aromatic rings. The molecule has 0 saturated heterocycles. The molecule has 0 bridgehead atoms. The number of hydrogen-bond donors (Lipinski definition) is 1. The first-order chi connectivity index (χ1) is 14.5. The Morgan fingerprint density at radius 1 is 1.17 bits per heavy atom. The van der Waals surface area contributed by atoms with E-state index >= 15 is 0 Å². The third kappa shape index (κ3) is 4.57. The number of nitrogens with one attached hydrogen (secondary N) is 1. The molecule has 158 valence electrons. The summed E-state index contributed by atoms with van der Waals surface area (Å²) in [5, 5.41) is 11.0. The van der Waals surface area contributed by atoms with Crippen LogP contribution in [0.4, 0.5) is 5.69 Å². The van der Waals surface area contributed by atoms with Gasteiger partial charge in [0.15, 0.2) is 0 Å². The average molecular weight is 446 g/mol. The number of hydrazone groups is 1. The summed E-state index contributed by atoms with van der Waals surface area (Å²) in [6, 6.07) is 13.3. The van der Waals surface area contributed by atoms with E-state index < -0.39 is 0 Å². The monoisotopic (exact) mass is 445 g/mol. The second kappa shape index (κ2) is 9.27. The first-order valence-corrected chi connectivity index (χ1v) is 11.0. The number of hydrogen-bond acceptors (Lipinski definition) is 4. The lowest BCUT2D eigenvalue weighted by Gasteiger charge is -2.25. The van der Waals surface area contributed by atoms with Gasteiger partial charge in [-0.1, -0.05) is 48.2 Å². The van der Waals surface area contributed by atoms with Crippen LogP contribution in [-0.2, 0) is 4.79 Å². The summed E-state index contributed by atoms with van der Waals surface area (Å²) in [5.41, 5.74) is 2.81. The van der Waals surface area contributed by atoms with Crippen LogP contribution in [0.3, 0.4) is 0 Å². The van der Waals surface area contributed by atoms with Crippen molar-refractivity contribution in [2.75, 3.05) is 18.7 Å². The molecule has 4 rings (SSSR count). The van der Waals surface area contributed by atoms with E-state index in [0.717, 1.165) is 48.4 Å². The first kappa shape index (κ1) is 21.0. The van der Waals surface area contributed by atoms with Gasteiger partial charge < -0.3 is 10.1 Å². The zero-order valence-corrected chi connectivity index (χ0v) is 18.4. The van der Waals surface area contributed by atoms with Crippen LogP contribution in [0.1, 0.15) is 43.7 Å². The fourth-order valence-corrected chi connectivity index (χ4v) is 4.67. The molecule has 5 nitrogen and oxygen atoms in total. The molecule has 1 saturated carbocycles. The third-order valence-corrected chi connectivity index (χ3v) is 6.36. The normalized spacial score (nSPS) is 19.1. The van der Waals surface area contributed by atoms with Crippen LogP contribution in [-0.4, -0.2) is 25.3 Å². The van der Waals surface area contributed by atoms with Crippen molar-refractivity contribution in [1.29, 1.82) is 0 Å². The number of halogens is 2. The lowest BCUT2D eigenvalue weighted by molar-refractivity contribution is -0.124. The van der Waals surface area contributed by atoms with Crippen LogP contribution < -0.4 is 15.1 Å². The topological polar surface area (TPSA) is 53.9 Å². The molecular weight excluding hydrogens is 421 g/mol. The summed E-state index contributed by atoms with van der Waals surface area (Å²) in [7, 11) is 1.65. The SMILES string of the molecule is COc1ccc(C2CC(CNC(=O)C3CCCC3)=NN2c2ccc(Cl)cc2Cl)cc1. The van der Waals surface area contributed by atoms with Crippen molar-refractivity contribution in [3.63, 3.8) is 0 Å². The maximum Gasteiger partial charge on any atom is 0.223 e. The van der Waals surface area contributed by atoms with Gasteiger partial charge in [0, 0.05) is 17.4 Å². The number of amides is 1. The van der Waals surface area contributed by atoms with Gasteiger partial charge in [-0.3, -0.25) is 9.80 Å². The van der Waals surface area contributed by atoms with Gasteiger partial charge in [-0.2, -0.15) is 5.10 Å². The fraction of sp³-hybridized carbons (Fsp3) is 0.391. The van der Waals surface area contributed by atoms with Crippen molar-refractivity contribution >= 4 is 40.5 Å². The molecule has 1 fully saturated rings. The van der Waals surface area contributed by atoms with Crippen molar-refractivity contribution in [1.82, 2.24) is 5.32 Å². The molecule has 0 aromatic heterocycles. The fourth-order valence-electron chi connectivity index (χ4n) is 4.18. The highest BCUT2D eigenvalue weighted by Gasteiger charge is 2.31. The van der Waals surface area contributed by atoms with Crippen molar-refractivity contribution in [2.45, 2.75) is 38.1 Å². The first-order valence-electron chi connectivity index (χ1n) is 10.3. The van der Waals surface area contributed by atoms with Gasteiger partial charge >= 0.3 is 0 Å². The Hall–Kier alpha value is -2.24. The Morgan fingerprint density at radius 3 is 2.57 bits per heavy atom. The van der Waals surface area contributed by atoms with Crippen LogP contribution in [0.2, 0.25) is 10.0 Å². The van der Waals surface area contributed by atoms with E-state index in [4.69, 9.17) is 33.0 Å². The van der Waals surface area contributed by atoms with E-state index in [1.807, 2.05) is 41.4 Å². The van der Waals surface area contributed by atoms with Crippen LogP contribution in [0.15, 0.2) is 47.6 Å². The number of methoxy groups -OCH3 is 1. The van der Waals surface area contributed by atoms with Crippen LogP contribution >= 0.6 is 23.2 Å². The summed E-state index contributed by atoms with van der Waals surface area (Å²) < 4.78 is 5.28. The lowest BCUT2D eigenvalue weighted by Crippen LogP contribution is -2.33. The van der Waals surface area contributed by atoms with E-state index in [0.29, 0.717) is 23.0 Å². The van der Waals surface area contributed by atoms with Gasteiger partial charge in [0.05, 0.1) is 36.1 Å². The Bertz CT molecular complexity index is 940. The zero-order chi connectivity index (χ0) is 21.1. The zero-order valence-electron chi connectivity index (χ0n) is 16.9. The van der Waals surface area contributed by atoms with Gasteiger partial charge in [-0.25, -0.2) is 0 Å². The maximum atomic E-state index is 12.4. The number of anilines is 1. The largest absolute Gasteiger partial charge is 0.497 e. The van der Waals surface area contributed by atoms with Crippen molar-refractivity contribution in [2.24, 2.45) is 11.0 Å². The lowest BCUT2D eigenvalue weighted by atomic mass is 10.0. The molecule has 1 unspecified atom stereocenters. The molecule has 30 heavy (non-hydrogen) atoms.